The SMILES string of the molecule is Cc1c([C@@H](C)Nc2nnc(C)c3ccc(N4CCN(C5CN(CCN6CCC(c7cc8c(cc7F)C(=O)N(C7CCC(=O)NC7=O)C8)CC6)C5)CC4)cc23)cccc1C(F)(F)F. The molecule has 5 aliphatic heterocycles. The monoisotopic (exact) mass is 855 g/mol. The number of fused-ring (bicyclic) bond motifs is 2. The lowest BCUT2D eigenvalue weighted by Crippen LogP contribution is -2.63. The number of halogens is 4. The van der Waals surface area contributed by atoms with Gasteiger partial charge in [-0.2, -0.15) is 18.3 Å². The Morgan fingerprint density at radius 3 is 2.34 bits per heavy atom. The molecule has 6 heterocycles. The first-order valence-corrected chi connectivity index (χ1v) is 21.8. The van der Waals surface area contributed by atoms with Gasteiger partial charge in [-0.25, -0.2) is 4.39 Å². The van der Waals surface area contributed by atoms with Gasteiger partial charge in [-0.1, -0.05) is 24.3 Å². The average Bonchev–Trinajstić information content (AvgIpc) is 3.54. The lowest BCUT2D eigenvalue weighted by molar-refractivity contribution is -0.138. The van der Waals surface area contributed by atoms with E-state index in [1.165, 1.54) is 24.0 Å². The van der Waals surface area contributed by atoms with Crippen LogP contribution in [0.1, 0.15) is 88.4 Å². The average molecular weight is 856 g/mol. The van der Waals surface area contributed by atoms with Crippen molar-refractivity contribution in [3.8, 4) is 0 Å². The zero-order valence-electron chi connectivity index (χ0n) is 35.4. The molecular weight excluding hydrogens is 803 g/mol. The van der Waals surface area contributed by atoms with Gasteiger partial charge in [0, 0.05) is 93.4 Å². The third-order valence-corrected chi connectivity index (χ3v) is 14.0. The molecule has 0 bridgehead atoms. The van der Waals surface area contributed by atoms with Crippen LogP contribution in [-0.2, 0) is 22.3 Å². The highest BCUT2D eigenvalue weighted by molar-refractivity contribution is 6.05. The quantitative estimate of drug-likeness (QED) is 0.145. The predicted octanol–water partition coefficient (Wildman–Crippen LogP) is 6.02. The molecule has 3 amide bonds. The third-order valence-electron chi connectivity index (χ3n) is 14.0. The third kappa shape index (κ3) is 8.24. The van der Waals surface area contributed by atoms with Crippen LogP contribution in [-0.4, -0.2) is 125 Å². The lowest BCUT2D eigenvalue weighted by atomic mass is 9.87. The fourth-order valence-electron chi connectivity index (χ4n) is 10.3. The van der Waals surface area contributed by atoms with Crippen molar-refractivity contribution in [2.24, 2.45) is 0 Å². The van der Waals surface area contributed by atoms with Gasteiger partial charge < -0.3 is 20.0 Å². The predicted molar refractivity (Wildman–Crippen MR) is 227 cm³/mol. The smallest absolute Gasteiger partial charge is 0.369 e. The summed E-state index contributed by atoms with van der Waals surface area (Å²) in [6, 6.07) is 13.1. The number of likely N-dealkylation sites (tertiary alicyclic amines) is 2. The molecule has 1 aromatic heterocycles. The molecule has 4 saturated heterocycles. The maximum absolute atomic E-state index is 15.5. The number of nitrogens with one attached hydrogen (secondary N) is 2. The van der Waals surface area contributed by atoms with Gasteiger partial charge in [-0.15, -0.1) is 5.10 Å². The second-order valence-corrected chi connectivity index (χ2v) is 17.7. The number of aromatic nitrogens is 2. The molecule has 0 saturated carbocycles. The minimum Gasteiger partial charge on any atom is -0.369 e. The van der Waals surface area contributed by atoms with Gasteiger partial charge in [-0.05, 0) is 106 Å². The molecule has 9 rings (SSSR count). The highest BCUT2D eigenvalue weighted by atomic mass is 19.4. The Morgan fingerprint density at radius 2 is 1.61 bits per heavy atom. The van der Waals surface area contributed by atoms with Crippen molar-refractivity contribution in [3.05, 3.63) is 93.4 Å². The molecule has 328 valence electrons. The van der Waals surface area contributed by atoms with Crippen LogP contribution in [0.5, 0.6) is 0 Å². The van der Waals surface area contributed by atoms with E-state index in [-0.39, 0.29) is 48.5 Å². The first-order chi connectivity index (χ1) is 29.7. The lowest BCUT2D eigenvalue weighted by Gasteiger charge is -2.49. The Labute approximate surface area is 358 Å². The summed E-state index contributed by atoms with van der Waals surface area (Å²) in [7, 11) is 0. The van der Waals surface area contributed by atoms with Gasteiger partial charge in [0.05, 0.1) is 17.3 Å². The molecule has 4 fully saturated rings. The largest absolute Gasteiger partial charge is 0.416 e. The number of hydrogen-bond acceptors (Lipinski definition) is 10. The summed E-state index contributed by atoms with van der Waals surface area (Å²) < 4.78 is 56.4. The molecule has 1 unspecified atom stereocenters. The Morgan fingerprint density at radius 1 is 0.871 bits per heavy atom. The number of carbonyl (C=O) groups excluding carboxylic acids is 3. The molecule has 3 aromatic carbocycles. The summed E-state index contributed by atoms with van der Waals surface area (Å²) in [5, 5.41) is 16.3. The van der Waals surface area contributed by atoms with E-state index in [9.17, 15) is 27.6 Å². The Balaban J connectivity index is 0.734. The van der Waals surface area contributed by atoms with Gasteiger partial charge in [0.25, 0.3) is 5.91 Å². The van der Waals surface area contributed by atoms with E-state index in [2.05, 4.69) is 58.6 Å². The highest BCUT2D eigenvalue weighted by Gasteiger charge is 2.41. The number of aryl methyl sites for hydroxylation is 1. The van der Waals surface area contributed by atoms with E-state index in [0.29, 0.717) is 28.6 Å². The number of carbonyl (C=O) groups is 3. The van der Waals surface area contributed by atoms with Crippen molar-refractivity contribution < 1.29 is 31.9 Å². The second kappa shape index (κ2) is 16.8. The van der Waals surface area contributed by atoms with Crippen LogP contribution in [0, 0.1) is 19.7 Å². The summed E-state index contributed by atoms with van der Waals surface area (Å²) in [6.07, 6.45) is -2.29. The standard InChI is InChI=1S/C46H53F4N9O3/c1-27-34(5-4-6-39(27)46(48,49)50)28(2)51-43-38-22-32(7-8-35(38)29(3)53-54-43)57-17-19-58(20-18-57)33-25-56(26-33)16-15-55-13-11-30(12-14-55)36-21-31-24-59(45(62)37(31)23-40(36)47)41-9-10-42(60)52-44(41)61/h4-8,21-23,28,30,33,41H,9-20,24-26H2,1-3H3,(H,51,54)(H,52,60,61)/t28-,41?/m1/s1. The van der Waals surface area contributed by atoms with Crippen molar-refractivity contribution in [3.63, 3.8) is 0 Å². The Bertz CT molecular complexity index is 2390. The molecule has 4 aromatic rings. The number of amides is 3. The molecular formula is C46H53F4N9O3. The van der Waals surface area contributed by atoms with Gasteiger partial charge in [0.2, 0.25) is 11.8 Å². The summed E-state index contributed by atoms with van der Waals surface area (Å²) in [4.78, 5) is 48.6. The first-order valence-electron chi connectivity index (χ1n) is 21.8. The van der Waals surface area contributed by atoms with Gasteiger partial charge in [-0.3, -0.25) is 29.5 Å². The van der Waals surface area contributed by atoms with E-state index < -0.39 is 29.7 Å². The van der Waals surface area contributed by atoms with Crippen LogP contribution in [0.25, 0.3) is 10.8 Å². The molecule has 12 nitrogen and oxygen atoms in total. The summed E-state index contributed by atoms with van der Waals surface area (Å²) >= 11 is 0. The maximum atomic E-state index is 15.5. The molecule has 0 radical (unpaired) electrons. The van der Waals surface area contributed by atoms with E-state index >= 15 is 4.39 Å². The number of benzene rings is 3. The molecule has 2 N–H and O–H groups in total. The minimum absolute atomic E-state index is 0.0700. The van der Waals surface area contributed by atoms with Crippen LogP contribution in [0.4, 0.5) is 29.1 Å². The van der Waals surface area contributed by atoms with Crippen molar-refractivity contribution in [2.45, 2.75) is 83.2 Å². The topological polar surface area (TPSA) is 117 Å². The first kappa shape index (κ1) is 42.1. The number of nitrogens with zero attached hydrogens (tertiary/aromatic N) is 7. The number of anilines is 2. The Hall–Kier alpha value is -5.19. The van der Waals surface area contributed by atoms with Gasteiger partial charge >= 0.3 is 6.18 Å². The van der Waals surface area contributed by atoms with Crippen molar-refractivity contribution >= 4 is 40.0 Å². The van der Waals surface area contributed by atoms with Crippen LogP contribution in [0.3, 0.4) is 0 Å². The second-order valence-electron chi connectivity index (χ2n) is 17.7. The summed E-state index contributed by atoms with van der Waals surface area (Å²) in [6.45, 7) is 15.0. The molecule has 16 heteroatoms. The van der Waals surface area contributed by atoms with E-state index in [0.717, 1.165) is 112 Å². The number of alkyl halides is 3. The number of imide groups is 1. The number of piperidine rings is 2. The summed E-state index contributed by atoms with van der Waals surface area (Å²) in [5.74, 6) is -0.910. The molecule has 2 atom stereocenters. The highest BCUT2D eigenvalue weighted by Crippen LogP contribution is 2.38. The fourth-order valence-corrected chi connectivity index (χ4v) is 10.3. The zero-order chi connectivity index (χ0) is 43.4. The maximum Gasteiger partial charge on any atom is 0.416 e. The van der Waals surface area contributed by atoms with Crippen molar-refractivity contribution in [2.75, 3.05) is 75.7 Å². The zero-order valence-corrected chi connectivity index (χ0v) is 35.4. The van der Waals surface area contributed by atoms with Crippen LogP contribution < -0.4 is 15.5 Å². The number of rotatable bonds is 10. The van der Waals surface area contributed by atoms with E-state index in [1.807, 2.05) is 19.9 Å². The number of hydrogen-bond donors (Lipinski definition) is 2. The molecule has 0 spiro atoms. The van der Waals surface area contributed by atoms with Crippen molar-refractivity contribution in [1.82, 2.24) is 35.1 Å². The van der Waals surface area contributed by atoms with E-state index in [4.69, 9.17) is 0 Å². The van der Waals surface area contributed by atoms with Crippen LogP contribution in [0.2, 0.25) is 0 Å². The molecule has 0 aliphatic carbocycles. The molecule has 62 heavy (non-hydrogen) atoms. The fraction of sp³-hybridized carbons (Fsp3) is 0.500. The van der Waals surface area contributed by atoms with Crippen LogP contribution in [0.15, 0.2) is 48.5 Å². The van der Waals surface area contributed by atoms with Crippen LogP contribution >= 0.6 is 0 Å². The van der Waals surface area contributed by atoms with Crippen molar-refractivity contribution in [1.29, 1.82) is 0 Å². The molecule has 5 aliphatic rings. The normalized spacial score (nSPS) is 21.7. The Kier molecular flexibility index (Phi) is 11.4. The number of piperazine rings is 1. The minimum atomic E-state index is -4.43. The van der Waals surface area contributed by atoms with Gasteiger partial charge in [0.15, 0.2) is 5.82 Å². The van der Waals surface area contributed by atoms with Gasteiger partial charge in [0.1, 0.15) is 11.9 Å². The van der Waals surface area contributed by atoms with E-state index in [1.54, 1.807) is 6.07 Å². The summed E-state index contributed by atoms with van der Waals surface area (Å²) in [5.41, 5.74) is 3.71.